The molecule has 0 aliphatic rings. The molecule has 7 nitrogen and oxygen atoms in total. The molecule has 0 radical (unpaired) electrons. The van der Waals surface area contributed by atoms with Crippen molar-refractivity contribution >= 4 is 29.6 Å². The second-order valence-corrected chi connectivity index (χ2v) is 6.66. The number of aromatic nitrogens is 3. The summed E-state index contributed by atoms with van der Waals surface area (Å²) in [6.45, 7) is 4.49. The molecule has 0 spiro atoms. The van der Waals surface area contributed by atoms with Crippen LogP contribution in [0.15, 0.2) is 35.5 Å². The van der Waals surface area contributed by atoms with Gasteiger partial charge >= 0.3 is 0 Å². The zero-order valence-corrected chi connectivity index (χ0v) is 14.6. The molecule has 2 atom stereocenters. The minimum absolute atomic E-state index is 0.0488. The molecule has 5 N–H and O–H groups in total. The van der Waals surface area contributed by atoms with Crippen LogP contribution < -0.4 is 16.8 Å². The summed E-state index contributed by atoms with van der Waals surface area (Å²) in [5, 5.41) is 2.97. The van der Waals surface area contributed by atoms with Crippen LogP contribution in [-0.2, 0) is 4.79 Å². The molecule has 1 amide bonds. The smallest absolute Gasteiger partial charge is 0.233 e. The summed E-state index contributed by atoms with van der Waals surface area (Å²) in [6, 6.07) is 10.2. The van der Waals surface area contributed by atoms with Crippen LogP contribution in [0, 0.1) is 0 Å². The number of thioether (sulfide) groups is 1. The average molecular weight is 346 g/mol. The van der Waals surface area contributed by atoms with Gasteiger partial charge in [-0.25, -0.2) is 0 Å². The van der Waals surface area contributed by atoms with Gasteiger partial charge in [0.05, 0.1) is 5.25 Å². The van der Waals surface area contributed by atoms with Crippen LogP contribution in [0.3, 0.4) is 0 Å². The number of nitrogens with two attached hydrogens (primary N) is 2. The Morgan fingerprint density at radius 3 is 2.38 bits per heavy atom. The van der Waals surface area contributed by atoms with E-state index in [1.807, 2.05) is 18.2 Å². The Morgan fingerprint density at radius 2 is 1.79 bits per heavy atom. The molecule has 1 heterocycles. The molecule has 0 saturated carbocycles. The molecule has 0 aliphatic heterocycles. The fraction of sp³-hybridized carbons (Fsp3) is 0.375. The monoisotopic (exact) mass is 346 g/mol. The molecule has 8 heteroatoms. The SMILES string of the molecule is CC[C@H](CNC(=O)[C@@H](C)Sc1nc(N)nc(N)n1)c1ccccc1. The zero-order valence-electron chi connectivity index (χ0n) is 13.8. The van der Waals surface area contributed by atoms with Crippen LogP contribution in [-0.4, -0.2) is 32.7 Å². The molecule has 0 fully saturated rings. The normalized spacial score (nSPS) is 13.2. The van der Waals surface area contributed by atoms with Gasteiger partial charge in [0, 0.05) is 12.5 Å². The van der Waals surface area contributed by atoms with E-state index in [1.165, 1.54) is 17.3 Å². The molecule has 1 aromatic carbocycles. The molecule has 0 aliphatic carbocycles. The van der Waals surface area contributed by atoms with Gasteiger partial charge in [0.25, 0.3) is 0 Å². The third-order valence-electron chi connectivity index (χ3n) is 3.59. The Balaban J connectivity index is 1.91. The van der Waals surface area contributed by atoms with Gasteiger partial charge in [0.2, 0.25) is 17.8 Å². The number of hydrogen-bond donors (Lipinski definition) is 3. The first-order valence-corrected chi connectivity index (χ1v) is 8.64. The predicted octanol–water partition coefficient (Wildman–Crippen LogP) is 1.83. The molecular formula is C16H22N6OS. The summed E-state index contributed by atoms with van der Waals surface area (Å²) in [6.07, 6.45) is 0.951. The first-order chi connectivity index (χ1) is 11.5. The summed E-state index contributed by atoms with van der Waals surface area (Å²) in [4.78, 5) is 24.0. The van der Waals surface area contributed by atoms with Gasteiger partial charge < -0.3 is 16.8 Å². The van der Waals surface area contributed by atoms with Crippen molar-refractivity contribution in [2.75, 3.05) is 18.0 Å². The van der Waals surface area contributed by atoms with Gasteiger partial charge in [-0.2, -0.15) is 15.0 Å². The van der Waals surface area contributed by atoms with Crippen LogP contribution in [0.2, 0.25) is 0 Å². The van der Waals surface area contributed by atoms with Crippen molar-refractivity contribution in [1.29, 1.82) is 0 Å². The van der Waals surface area contributed by atoms with Gasteiger partial charge in [0.15, 0.2) is 5.16 Å². The molecule has 0 saturated heterocycles. The number of nitrogens with zero attached hydrogens (tertiary/aromatic N) is 3. The molecule has 1 aromatic heterocycles. The highest BCUT2D eigenvalue weighted by Crippen LogP contribution is 2.21. The number of hydrogen-bond acceptors (Lipinski definition) is 7. The molecule has 128 valence electrons. The average Bonchev–Trinajstić information content (AvgIpc) is 2.55. The minimum Gasteiger partial charge on any atom is -0.368 e. The lowest BCUT2D eigenvalue weighted by atomic mass is 9.96. The van der Waals surface area contributed by atoms with Gasteiger partial charge in [-0.15, -0.1) is 0 Å². The lowest BCUT2D eigenvalue weighted by Crippen LogP contribution is -2.34. The van der Waals surface area contributed by atoms with E-state index in [1.54, 1.807) is 6.92 Å². The zero-order chi connectivity index (χ0) is 17.5. The van der Waals surface area contributed by atoms with Crippen LogP contribution in [0.5, 0.6) is 0 Å². The summed E-state index contributed by atoms with van der Waals surface area (Å²) in [5.41, 5.74) is 12.3. The van der Waals surface area contributed by atoms with Crippen LogP contribution >= 0.6 is 11.8 Å². The van der Waals surface area contributed by atoms with Crippen LogP contribution in [0.4, 0.5) is 11.9 Å². The van der Waals surface area contributed by atoms with E-state index in [9.17, 15) is 4.79 Å². The highest BCUT2D eigenvalue weighted by atomic mass is 32.2. The van der Waals surface area contributed by atoms with E-state index in [2.05, 4.69) is 39.3 Å². The summed E-state index contributed by atoms with van der Waals surface area (Å²) >= 11 is 1.20. The standard InChI is InChI=1S/C16H22N6OS/c1-3-11(12-7-5-4-6-8-12)9-19-13(23)10(2)24-16-21-14(17)20-15(18)22-16/h4-8,10-11H,3,9H2,1-2H3,(H,19,23)(H4,17,18,20,21,22)/t10-,11-/m1/s1. The minimum atomic E-state index is -0.362. The topological polar surface area (TPSA) is 120 Å². The second-order valence-electron chi connectivity index (χ2n) is 5.36. The van der Waals surface area contributed by atoms with E-state index in [-0.39, 0.29) is 29.0 Å². The molecule has 0 unspecified atom stereocenters. The van der Waals surface area contributed by atoms with Crippen molar-refractivity contribution in [1.82, 2.24) is 20.3 Å². The van der Waals surface area contributed by atoms with Crippen molar-refractivity contribution in [3.63, 3.8) is 0 Å². The van der Waals surface area contributed by atoms with Gasteiger partial charge in [-0.05, 0) is 18.9 Å². The Bertz CT molecular complexity index is 661. The Morgan fingerprint density at radius 1 is 1.17 bits per heavy atom. The van der Waals surface area contributed by atoms with Crippen molar-refractivity contribution in [3.05, 3.63) is 35.9 Å². The number of benzene rings is 1. The first-order valence-electron chi connectivity index (χ1n) is 7.76. The Hall–Kier alpha value is -2.35. The third-order valence-corrected chi connectivity index (χ3v) is 4.55. The molecule has 24 heavy (non-hydrogen) atoms. The predicted molar refractivity (Wildman–Crippen MR) is 96.5 cm³/mol. The first kappa shape index (κ1) is 18.0. The number of nitrogen functional groups attached to an aromatic ring is 2. The molecule has 2 aromatic rings. The molecule has 2 rings (SSSR count). The maximum atomic E-state index is 12.3. The van der Waals surface area contributed by atoms with Crippen molar-refractivity contribution in [2.45, 2.75) is 36.6 Å². The highest BCUT2D eigenvalue weighted by molar-refractivity contribution is 8.00. The quantitative estimate of drug-likeness (QED) is 0.654. The lowest BCUT2D eigenvalue weighted by molar-refractivity contribution is -0.120. The van der Waals surface area contributed by atoms with E-state index < -0.39 is 0 Å². The number of nitrogens with one attached hydrogen (secondary N) is 1. The van der Waals surface area contributed by atoms with E-state index in [4.69, 9.17) is 11.5 Å². The largest absolute Gasteiger partial charge is 0.368 e. The Kier molecular flexibility index (Phi) is 6.36. The maximum Gasteiger partial charge on any atom is 0.233 e. The number of amides is 1. The second kappa shape index (κ2) is 8.49. The summed E-state index contributed by atoms with van der Waals surface area (Å²) in [7, 11) is 0. The van der Waals surface area contributed by atoms with Crippen LogP contribution in [0.25, 0.3) is 0 Å². The molecular weight excluding hydrogens is 324 g/mol. The van der Waals surface area contributed by atoms with Crippen molar-refractivity contribution in [3.8, 4) is 0 Å². The number of carbonyl (C=O) groups is 1. The number of carbonyl (C=O) groups excluding carboxylic acids is 1. The van der Waals surface area contributed by atoms with Crippen LogP contribution in [0.1, 0.15) is 31.7 Å². The molecule has 0 bridgehead atoms. The number of rotatable bonds is 7. The van der Waals surface area contributed by atoms with Crippen molar-refractivity contribution in [2.24, 2.45) is 0 Å². The Labute approximate surface area is 145 Å². The lowest BCUT2D eigenvalue weighted by Gasteiger charge is -2.18. The van der Waals surface area contributed by atoms with E-state index in [0.29, 0.717) is 11.7 Å². The van der Waals surface area contributed by atoms with E-state index >= 15 is 0 Å². The fourth-order valence-electron chi connectivity index (χ4n) is 2.24. The fourth-order valence-corrected chi connectivity index (χ4v) is 3.04. The van der Waals surface area contributed by atoms with Crippen molar-refractivity contribution < 1.29 is 4.79 Å². The van der Waals surface area contributed by atoms with Gasteiger partial charge in [-0.1, -0.05) is 49.0 Å². The summed E-state index contributed by atoms with van der Waals surface area (Å²) < 4.78 is 0. The van der Waals surface area contributed by atoms with Gasteiger partial charge in [0.1, 0.15) is 0 Å². The maximum absolute atomic E-state index is 12.3. The van der Waals surface area contributed by atoms with Gasteiger partial charge in [-0.3, -0.25) is 4.79 Å². The highest BCUT2D eigenvalue weighted by Gasteiger charge is 2.18. The third kappa shape index (κ3) is 5.09. The number of anilines is 2. The van der Waals surface area contributed by atoms with E-state index in [0.717, 1.165) is 6.42 Å². The summed E-state index contributed by atoms with van der Waals surface area (Å²) in [5.74, 6) is 0.309.